The Balaban J connectivity index is 2.97. The van der Waals surface area contributed by atoms with E-state index in [0.29, 0.717) is 5.56 Å². The molecule has 0 aliphatic rings. The number of benzene rings is 1. The minimum Gasteiger partial charge on any atom is -0.310 e. The zero-order valence-electron chi connectivity index (χ0n) is 11.5. The molecule has 21 heavy (non-hydrogen) atoms. The second-order valence-electron chi connectivity index (χ2n) is 4.74. The Bertz CT molecular complexity index is 585. The minimum absolute atomic E-state index is 0.124. The Morgan fingerprint density at radius 2 is 1.86 bits per heavy atom. The predicted molar refractivity (Wildman–Crippen MR) is 69.6 cm³/mol. The number of rotatable bonds is 6. The van der Waals surface area contributed by atoms with E-state index in [-0.39, 0.29) is 12.6 Å². The van der Waals surface area contributed by atoms with E-state index in [2.05, 4.69) is 5.32 Å². The predicted octanol–water partition coefficient (Wildman–Crippen LogP) is 2.16. The van der Waals surface area contributed by atoms with Gasteiger partial charge in [-0.05, 0) is 17.7 Å². The topological polar surface area (TPSA) is 58.2 Å². The van der Waals surface area contributed by atoms with Gasteiger partial charge in [0.1, 0.15) is 17.3 Å². The van der Waals surface area contributed by atoms with Crippen molar-refractivity contribution in [3.63, 3.8) is 0 Å². The summed E-state index contributed by atoms with van der Waals surface area (Å²) in [7, 11) is -4.56. The first-order valence-electron chi connectivity index (χ1n) is 6.09. The van der Waals surface area contributed by atoms with Gasteiger partial charge in [0.15, 0.2) is 0 Å². The van der Waals surface area contributed by atoms with Crippen molar-refractivity contribution in [2.75, 3.05) is 6.54 Å². The third-order valence-corrected chi connectivity index (χ3v) is 3.88. The summed E-state index contributed by atoms with van der Waals surface area (Å²) in [4.78, 5) is -0.796. The van der Waals surface area contributed by atoms with Crippen LogP contribution in [0.1, 0.15) is 19.4 Å². The summed E-state index contributed by atoms with van der Waals surface area (Å²) in [6.45, 7) is 2.26. The molecule has 0 amide bonds. The van der Waals surface area contributed by atoms with Crippen molar-refractivity contribution in [2.24, 2.45) is 0 Å². The first kappa shape index (κ1) is 17.9. The third kappa shape index (κ3) is 5.98. The Labute approximate surface area is 120 Å². The Morgan fingerprint density at radius 3 is 2.38 bits per heavy atom. The van der Waals surface area contributed by atoms with Crippen LogP contribution in [0.5, 0.6) is 0 Å². The third-order valence-electron chi connectivity index (χ3n) is 2.46. The summed E-state index contributed by atoms with van der Waals surface area (Å²) < 4.78 is 74.5. The van der Waals surface area contributed by atoms with Gasteiger partial charge in [-0.15, -0.1) is 0 Å². The van der Waals surface area contributed by atoms with Crippen LogP contribution in [0.15, 0.2) is 23.1 Å². The van der Waals surface area contributed by atoms with Gasteiger partial charge in [0.25, 0.3) is 0 Å². The van der Waals surface area contributed by atoms with Crippen molar-refractivity contribution in [1.29, 1.82) is 0 Å². The molecule has 9 heteroatoms. The standard InChI is InChI=1S/C12H16F4N2O2S/c1-8(2)17-6-9-3-4-10(13)11(5-9)21(19,20)18-7-12(14,15)16/h3-5,8,17-18H,6-7H2,1-2H3. The molecule has 0 unspecified atom stereocenters. The maximum absolute atomic E-state index is 13.6. The van der Waals surface area contributed by atoms with E-state index in [1.807, 2.05) is 13.8 Å². The molecule has 1 aromatic rings. The molecule has 4 nitrogen and oxygen atoms in total. The zero-order valence-corrected chi connectivity index (χ0v) is 12.3. The van der Waals surface area contributed by atoms with Crippen LogP contribution in [0.3, 0.4) is 0 Å². The summed E-state index contributed by atoms with van der Waals surface area (Å²) >= 11 is 0. The number of sulfonamides is 1. The fourth-order valence-corrected chi connectivity index (χ4v) is 2.58. The first-order valence-corrected chi connectivity index (χ1v) is 7.58. The van der Waals surface area contributed by atoms with Crippen LogP contribution in [0.25, 0.3) is 0 Å². The average molecular weight is 328 g/mol. The molecule has 0 saturated carbocycles. The van der Waals surface area contributed by atoms with Gasteiger partial charge in [0.05, 0.1) is 0 Å². The van der Waals surface area contributed by atoms with Crippen molar-refractivity contribution in [3.05, 3.63) is 29.6 Å². The summed E-state index contributed by atoms with van der Waals surface area (Å²) in [5.41, 5.74) is 0.456. The Hall–Kier alpha value is -1.19. The molecule has 0 aromatic heterocycles. The number of nitrogens with one attached hydrogen (secondary N) is 2. The van der Waals surface area contributed by atoms with E-state index in [9.17, 15) is 26.0 Å². The number of hydrogen-bond donors (Lipinski definition) is 2. The largest absolute Gasteiger partial charge is 0.402 e. The first-order chi connectivity index (χ1) is 9.51. The van der Waals surface area contributed by atoms with E-state index in [1.54, 1.807) is 0 Å². The monoisotopic (exact) mass is 328 g/mol. The molecule has 2 N–H and O–H groups in total. The maximum Gasteiger partial charge on any atom is 0.402 e. The van der Waals surface area contributed by atoms with Gasteiger partial charge in [-0.3, -0.25) is 0 Å². The lowest BCUT2D eigenvalue weighted by Crippen LogP contribution is -2.34. The molecular formula is C12H16F4N2O2S. The molecule has 0 saturated heterocycles. The van der Waals surface area contributed by atoms with Crippen LogP contribution in [0.2, 0.25) is 0 Å². The van der Waals surface area contributed by atoms with Gasteiger partial charge in [0, 0.05) is 12.6 Å². The van der Waals surface area contributed by atoms with Gasteiger partial charge in [-0.25, -0.2) is 17.5 Å². The quantitative estimate of drug-likeness (QED) is 0.787. The van der Waals surface area contributed by atoms with Crippen LogP contribution >= 0.6 is 0 Å². The van der Waals surface area contributed by atoms with Crippen molar-refractivity contribution >= 4 is 10.0 Å². The van der Waals surface area contributed by atoms with Gasteiger partial charge < -0.3 is 5.32 Å². The number of halogens is 4. The molecule has 0 bridgehead atoms. The Morgan fingerprint density at radius 1 is 1.24 bits per heavy atom. The fraction of sp³-hybridized carbons (Fsp3) is 0.500. The SMILES string of the molecule is CC(C)NCc1ccc(F)c(S(=O)(=O)NCC(F)(F)F)c1. The molecule has 120 valence electrons. The second-order valence-corrected chi connectivity index (χ2v) is 6.48. The van der Waals surface area contributed by atoms with Crippen molar-refractivity contribution in [2.45, 2.75) is 37.5 Å². The van der Waals surface area contributed by atoms with Crippen LogP contribution in [-0.4, -0.2) is 27.2 Å². The molecule has 0 spiro atoms. The van der Waals surface area contributed by atoms with Crippen LogP contribution in [0, 0.1) is 5.82 Å². The van der Waals surface area contributed by atoms with Crippen LogP contribution in [-0.2, 0) is 16.6 Å². The molecule has 0 atom stereocenters. The van der Waals surface area contributed by atoms with Gasteiger partial charge in [-0.1, -0.05) is 19.9 Å². The molecule has 0 fully saturated rings. The molecule has 0 radical (unpaired) electrons. The lowest BCUT2D eigenvalue weighted by Gasteiger charge is -2.12. The highest BCUT2D eigenvalue weighted by atomic mass is 32.2. The van der Waals surface area contributed by atoms with E-state index < -0.39 is 33.5 Å². The summed E-state index contributed by atoms with van der Waals surface area (Å²) in [5.74, 6) is -1.10. The average Bonchev–Trinajstić information content (AvgIpc) is 2.34. The van der Waals surface area contributed by atoms with E-state index in [0.717, 1.165) is 12.1 Å². The summed E-state index contributed by atoms with van der Waals surface area (Å²) in [5, 5.41) is 3.00. The highest BCUT2D eigenvalue weighted by molar-refractivity contribution is 7.89. The minimum atomic E-state index is -4.71. The molecule has 1 rings (SSSR count). The normalized spacial score (nSPS) is 12.9. The molecule has 0 aliphatic heterocycles. The van der Waals surface area contributed by atoms with Gasteiger partial charge in [-0.2, -0.15) is 13.2 Å². The fourth-order valence-electron chi connectivity index (χ4n) is 1.44. The van der Waals surface area contributed by atoms with E-state index in [1.165, 1.54) is 10.8 Å². The summed E-state index contributed by atoms with van der Waals surface area (Å²) in [6, 6.07) is 3.43. The van der Waals surface area contributed by atoms with Crippen LogP contribution in [0.4, 0.5) is 17.6 Å². The summed E-state index contributed by atoms with van der Waals surface area (Å²) in [6.07, 6.45) is -4.71. The molecular weight excluding hydrogens is 312 g/mol. The molecule has 0 heterocycles. The lowest BCUT2D eigenvalue weighted by molar-refractivity contribution is -0.121. The Kier molecular flexibility index (Phi) is 5.71. The van der Waals surface area contributed by atoms with E-state index >= 15 is 0 Å². The number of hydrogen-bond acceptors (Lipinski definition) is 3. The second kappa shape index (κ2) is 6.71. The number of alkyl halides is 3. The highest BCUT2D eigenvalue weighted by Crippen LogP contribution is 2.19. The lowest BCUT2D eigenvalue weighted by atomic mass is 10.2. The van der Waals surface area contributed by atoms with E-state index in [4.69, 9.17) is 0 Å². The van der Waals surface area contributed by atoms with Gasteiger partial charge >= 0.3 is 6.18 Å². The van der Waals surface area contributed by atoms with Crippen molar-refractivity contribution in [1.82, 2.24) is 10.0 Å². The maximum atomic E-state index is 13.6. The molecule has 0 aliphatic carbocycles. The van der Waals surface area contributed by atoms with Crippen molar-refractivity contribution in [3.8, 4) is 0 Å². The smallest absolute Gasteiger partial charge is 0.310 e. The zero-order chi connectivity index (χ0) is 16.3. The van der Waals surface area contributed by atoms with Gasteiger partial charge in [0.2, 0.25) is 10.0 Å². The molecule has 1 aromatic carbocycles. The van der Waals surface area contributed by atoms with Crippen molar-refractivity contribution < 1.29 is 26.0 Å². The van der Waals surface area contributed by atoms with Crippen LogP contribution < -0.4 is 10.0 Å². The highest BCUT2D eigenvalue weighted by Gasteiger charge is 2.31.